The lowest BCUT2D eigenvalue weighted by molar-refractivity contribution is 0.317. The van der Waals surface area contributed by atoms with Crippen LogP contribution in [0.5, 0.6) is 11.5 Å². The Kier molecular flexibility index (Phi) is 6.08. The molecule has 5 rings (SSSR count). The minimum absolute atomic E-state index is 0.0700. The Morgan fingerprint density at radius 1 is 1.19 bits per heavy atom. The van der Waals surface area contributed by atoms with Gasteiger partial charge in [-0.25, -0.2) is 9.18 Å². The number of imidazole rings is 1. The maximum absolute atomic E-state index is 15.2. The monoisotopic (exact) mass is 505 g/mol. The number of pyridine rings is 1. The van der Waals surface area contributed by atoms with Crippen molar-refractivity contribution in [3.63, 3.8) is 0 Å². The van der Waals surface area contributed by atoms with Crippen LogP contribution in [0.4, 0.5) is 4.39 Å². The number of hydrogen-bond donors (Lipinski definition) is 2. The zero-order valence-electron chi connectivity index (χ0n) is 21.1. The van der Waals surface area contributed by atoms with E-state index in [1.54, 1.807) is 20.2 Å². The maximum atomic E-state index is 15.2. The van der Waals surface area contributed by atoms with Crippen LogP contribution < -0.4 is 36.8 Å². The second-order valence-electron chi connectivity index (χ2n) is 8.88. The Hall–Kier alpha value is -4.38. The highest BCUT2D eigenvalue weighted by Crippen LogP contribution is 2.32. The van der Waals surface area contributed by atoms with Crippen molar-refractivity contribution >= 4 is 12.8 Å². The number of aryl methyl sites for hydroxylation is 1. The van der Waals surface area contributed by atoms with Gasteiger partial charge in [-0.05, 0) is 24.3 Å². The molecule has 1 aromatic carbocycles. The summed E-state index contributed by atoms with van der Waals surface area (Å²) in [4.78, 5) is 17.3. The minimum Gasteiger partial charge on any atom is -0.496 e. The second kappa shape index (κ2) is 9.25. The number of hydrogen-bond acceptors (Lipinski definition) is 7. The molecule has 11 heteroatoms. The summed E-state index contributed by atoms with van der Waals surface area (Å²) in [5.74, 6) is -0.0236. The van der Waals surface area contributed by atoms with Gasteiger partial charge in [0, 0.05) is 48.9 Å². The molecule has 1 aliphatic rings. The molecule has 0 saturated carbocycles. The number of methoxy groups -OCH3 is 2. The molecule has 3 N–H and O–H groups in total. The van der Waals surface area contributed by atoms with Gasteiger partial charge < -0.3 is 20.5 Å². The van der Waals surface area contributed by atoms with Crippen molar-refractivity contribution in [1.29, 1.82) is 0 Å². The molecule has 0 aliphatic carbocycles. The number of ether oxygens (including phenoxy) is 2. The summed E-state index contributed by atoms with van der Waals surface area (Å²) < 4.78 is 30.8. The SMILES string of the molecule is C=c1cc(OC)c(-c2cn(C3CNC3)nc2C)c/c1=c1/c(=C\N)n(C)c(=O)n1-c1c(F)cncc1OC. The molecule has 1 saturated heterocycles. The molecule has 0 amide bonds. The van der Waals surface area contributed by atoms with E-state index >= 15 is 4.39 Å². The van der Waals surface area contributed by atoms with Gasteiger partial charge in [0.2, 0.25) is 0 Å². The topological polar surface area (TPSA) is 114 Å². The number of nitrogens with one attached hydrogen (secondary N) is 1. The summed E-state index contributed by atoms with van der Waals surface area (Å²) >= 11 is 0. The molecule has 1 fully saturated rings. The third kappa shape index (κ3) is 3.78. The minimum atomic E-state index is -0.720. The lowest BCUT2D eigenvalue weighted by Crippen LogP contribution is -2.43. The maximum Gasteiger partial charge on any atom is 0.333 e. The molecule has 37 heavy (non-hydrogen) atoms. The predicted molar refractivity (Wildman–Crippen MR) is 137 cm³/mol. The van der Waals surface area contributed by atoms with Crippen molar-refractivity contribution in [1.82, 2.24) is 29.2 Å². The van der Waals surface area contributed by atoms with E-state index in [2.05, 4.69) is 16.9 Å². The van der Waals surface area contributed by atoms with E-state index in [9.17, 15) is 4.79 Å². The number of rotatable bonds is 5. The van der Waals surface area contributed by atoms with E-state index in [1.165, 1.54) is 28.6 Å². The third-order valence-electron chi connectivity index (χ3n) is 6.77. The fourth-order valence-electron chi connectivity index (χ4n) is 4.67. The zero-order valence-corrected chi connectivity index (χ0v) is 21.1. The number of nitrogens with two attached hydrogens (primary N) is 1. The van der Waals surface area contributed by atoms with Crippen LogP contribution in [0.2, 0.25) is 0 Å². The highest BCUT2D eigenvalue weighted by molar-refractivity contribution is 5.72. The molecule has 0 unspecified atom stereocenters. The molecular formula is C26H28FN7O3. The van der Waals surface area contributed by atoms with Gasteiger partial charge in [0.15, 0.2) is 11.6 Å². The highest BCUT2D eigenvalue weighted by atomic mass is 19.1. The Balaban J connectivity index is 1.96. The van der Waals surface area contributed by atoms with Crippen molar-refractivity contribution in [2.75, 3.05) is 27.3 Å². The van der Waals surface area contributed by atoms with Crippen molar-refractivity contribution in [3.8, 4) is 28.3 Å². The van der Waals surface area contributed by atoms with Crippen LogP contribution in [0.25, 0.3) is 29.6 Å². The first kappa shape index (κ1) is 24.3. The van der Waals surface area contributed by atoms with Crippen molar-refractivity contribution in [2.45, 2.75) is 13.0 Å². The van der Waals surface area contributed by atoms with Crippen LogP contribution >= 0.6 is 0 Å². The smallest absolute Gasteiger partial charge is 0.333 e. The van der Waals surface area contributed by atoms with Crippen LogP contribution in [0.15, 0.2) is 35.5 Å². The molecular weight excluding hydrogens is 477 g/mol. The number of halogens is 1. The predicted octanol–water partition coefficient (Wildman–Crippen LogP) is 0.438. The van der Waals surface area contributed by atoms with E-state index in [1.807, 2.05) is 23.9 Å². The summed E-state index contributed by atoms with van der Waals surface area (Å²) in [6, 6.07) is 3.94. The largest absolute Gasteiger partial charge is 0.496 e. The first-order valence-electron chi connectivity index (χ1n) is 11.7. The van der Waals surface area contributed by atoms with Crippen LogP contribution in [-0.4, -0.2) is 51.2 Å². The van der Waals surface area contributed by atoms with Crippen molar-refractivity contribution in [2.24, 2.45) is 12.8 Å². The lowest BCUT2D eigenvalue weighted by Gasteiger charge is -2.27. The summed E-state index contributed by atoms with van der Waals surface area (Å²) in [7, 11) is 4.54. The van der Waals surface area contributed by atoms with Gasteiger partial charge in [-0.1, -0.05) is 6.58 Å². The molecule has 192 valence electrons. The Labute approximate surface area is 211 Å². The van der Waals surface area contributed by atoms with E-state index in [-0.39, 0.29) is 17.5 Å². The standard InChI is InChI=1S/C26H28FN7O3/c1-14-6-22(36-4)18(19-13-33(31-15(19)2)16-9-29-10-16)7-17(14)24-21(8-28)32(3)26(35)34(24)25-20(27)11-30-12-23(25)37-5/h6-8,11-13,16,29H,1,9-10,28H2,2-5H3/b21-8+,24-17+. The van der Waals surface area contributed by atoms with E-state index in [0.717, 1.165) is 36.1 Å². The lowest BCUT2D eigenvalue weighted by atomic mass is 10.0. The summed E-state index contributed by atoms with van der Waals surface area (Å²) in [5.41, 5.74) is 7.88. The van der Waals surface area contributed by atoms with Crippen molar-refractivity contribution < 1.29 is 13.9 Å². The Morgan fingerprint density at radius 3 is 2.54 bits per heavy atom. The Bertz CT molecular complexity index is 1780. The van der Waals surface area contributed by atoms with Gasteiger partial charge >= 0.3 is 5.69 Å². The van der Waals surface area contributed by atoms with Gasteiger partial charge in [-0.15, -0.1) is 0 Å². The molecule has 4 heterocycles. The van der Waals surface area contributed by atoms with Crippen LogP contribution in [0.3, 0.4) is 0 Å². The van der Waals surface area contributed by atoms with Gasteiger partial charge in [-0.3, -0.25) is 18.8 Å². The van der Waals surface area contributed by atoms with Gasteiger partial charge in [0.25, 0.3) is 0 Å². The molecule has 10 nitrogen and oxygen atoms in total. The molecule has 3 aromatic heterocycles. The second-order valence-corrected chi connectivity index (χ2v) is 8.88. The van der Waals surface area contributed by atoms with Crippen LogP contribution in [0.1, 0.15) is 11.7 Å². The summed E-state index contributed by atoms with van der Waals surface area (Å²) in [6.07, 6.45) is 5.69. The third-order valence-corrected chi connectivity index (χ3v) is 6.77. The first-order valence-corrected chi connectivity index (χ1v) is 11.7. The van der Waals surface area contributed by atoms with Gasteiger partial charge in [0.1, 0.15) is 11.4 Å². The molecule has 0 bridgehead atoms. The molecule has 0 radical (unpaired) electrons. The Morgan fingerprint density at radius 2 is 1.92 bits per heavy atom. The fourth-order valence-corrected chi connectivity index (χ4v) is 4.67. The fraction of sp³-hybridized carbons (Fsp3) is 0.269. The molecule has 0 spiro atoms. The van der Waals surface area contributed by atoms with Crippen molar-refractivity contribution in [3.05, 3.63) is 73.9 Å². The average Bonchev–Trinajstić information content (AvgIpc) is 3.34. The number of aromatic nitrogens is 5. The van der Waals surface area contributed by atoms with Crippen LogP contribution in [0, 0.1) is 23.3 Å². The molecule has 1 aliphatic heterocycles. The normalized spacial score (nSPS) is 15.1. The van der Waals surface area contributed by atoms with E-state index < -0.39 is 11.5 Å². The summed E-state index contributed by atoms with van der Waals surface area (Å²) in [5, 5.41) is 9.84. The van der Waals surface area contributed by atoms with E-state index in [4.69, 9.17) is 20.3 Å². The first-order chi connectivity index (χ1) is 17.8. The highest BCUT2D eigenvalue weighted by Gasteiger charge is 2.23. The quantitative estimate of drug-likeness (QED) is 0.405. The average molecular weight is 506 g/mol. The number of nitrogens with zero attached hydrogens (tertiary/aromatic N) is 5. The van der Waals surface area contributed by atoms with Gasteiger partial charge in [0.05, 0.1) is 49.0 Å². The molecule has 4 aromatic rings. The molecule has 0 atom stereocenters. The zero-order chi connectivity index (χ0) is 26.4. The van der Waals surface area contributed by atoms with Crippen LogP contribution in [-0.2, 0) is 7.05 Å². The van der Waals surface area contributed by atoms with Gasteiger partial charge in [-0.2, -0.15) is 5.10 Å². The van der Waals surface area contributed by atoms with E-state index in [0.29, 0.717) is 26.9 Å². The summed E-state index contributed by atoms with van der Waals surface area (Å²) in [6.45, 7) is 7.85. The number of benzene rings is 1.